The maximum absolute atomic E-state index is 13.0. The molecule has 1 aliphatic heterocycles. The highest BCUT2D eigenvalue weighted by Gasteiger charge is 2.49. The number of urea groups is 1. The number of benzene rings is 2. The molecule has 0 saturated carbocycles. The molecule has 3 aromatic rings. The smallest absolute Gasteiger partial charge is 0.339 e. The predicted molar refractivity (Wildman–Crippen MR) is 105 cm³/mol. The van der Waals surface area contributed by atoms with Gasteiger partial charge in [-0.15, -0.1) is 0 Å². The zero-order valence-corrected chi connectivity index (χ0v) is 16.5. The molecule has 4 rings (SSSR count). The van der Waals surface area contributed by atoms with E-state index in [1.807, 2.05) is 0 Å². The fraction of sp³-hybridized carbons (Fsp3) is 0.190. The van der Waals surface area contributed by atoms with Gasteiger partial charge in [0.2, 0.25) is 17.6 Å². The maximum atomic E-state index is 13.0. The molecule has 0 spiro atoms. The standard InChI is InChI=1S/C21H18FN5O4/c1-21(14-5-3-2-4-6-14)19(29)27(20(30)24-21)25-16(28)11-12-17-23-18(26-31-17)13-7-9-15(22)10-8-13/h2-10H,11-12H2,1H3,(H,24,30)(H,25,28). The van der Waals surface area contributed by atoms with E-state index < -0.39 is 23.4 Å². The number of nitrogens with zero attached hydrogens (tertiary/aromatic N) is 3. The molecule has 0 aliphatic carbocycles. The van der Waals surface area contributed by atoms with Gasteiger partial charge in [-0.3, -0.25) is 15.0 Å². The average Bonchev–Trinajstić information content (AvgIpc) is 3.33. The van der Waals surface area contributed by atoms with Crippen LogP contribution < -0.4 is 10.7 Å². The van der Waals surface area contributed by atoms with Crippen LogP contribution in [0.1, 0.15) is 24.8 Å². The zero-order valence-electron chi connectivity index (χ0n) is 16.5. The monoisotopic (exact) mass is 423 g/mol. The summed E-state index contributed by atoms with van der Waals surface area (Å²) >= 11 is 0. The minimum absolute atomic E-state index is 0.0931. The minimum atomic E-state index is -1.28. The molecular formula is C21H18FN5O4. The van der Waals surface area contributed by atoms with Gasteiger partial charge in [-0.25, -0.2) is 9.18 Å². The molecule has 2 heterocycles. The minimum Gasteiger partial charge on any atom is -0.339 e. The Kier molecular flexibility index (Phi) is 5.20. The summed E-state index contributed by atoms with van der Waals surface area (Å²) in [6.45, 7) is 1.57. The van der Waals surface area contributed by atoms with Crippen LogP contribution in [0.25, 0.3) is 11.4 Å². The van der Waals surface area contributed by atoms with Crippen molar-refractivity contribution in [2.75, 3.05) is 0 Å². The molecule has 0 bridgehead atoms. The van der Waals surface area contributed by atoms with Crippen LogP contribution >= 0.6 is 0 Å². The van der Waals surface area contributed by atoms with Crippen molar-refractivity contribution in [3.63, 3.8) is 0 Å². The Balaban J connectivity index is 1.37. The molecule has 1 atom stereocenters. The summed E-state index contributed by atoms with van der Waals surface area (Å²) in [4.78, 5) is 41.5. The van der Waals surface area contributed by atoms with Gasteiger partial charge in [-0.2, -0.15) is 9.99 Å². The molecule has 1 unspecified atom stereocenters. The summed E-state index contributed by atoms with van der Waals surface area (Å²) in [5.74, 6) is -1.08. The zero-order chi connectivity index (χ0) is 22.0. The summed E-state index contributed by atoms with van der Waals surface area (Å²) in [5.41, 5.74) is 2.21. The van der Waals surface area contributed by atoms with Gasteiger partial charge in [0.25, 0.3) is 5.91 Å². The first kappa shape index (κ1) is 20.2. The first-order valence-corrected chi connectivity index (χ1v) is 9.47. The van der Waals surface area contributed by atoms with Crippen molar-refractivity contribution in [2.24, 2.45) is 0 Å². The van der Waals surface area contributed by atoms with Crippen molar-refractivity contribution in [1.82, 2.24) is 25.9 Å². The lowest BCUT2D eigenvalue weighted by atomic mass is 9.92. The van der Waals surface area contributed by atoms with E-state index in [9.17, 15) is 18.8 Å². The van der Waals surface area contributed by atoms with Gasteiger partial charge in [-0.1, -0.05) is 35.5 Å². The Labute approximate surface area is 176 Å². The van der Waals surface area contributed by atoms with E-state index in [0.717, 1.165) is 0 Å². The number of imide groups is 1. The summed E-state index contributed by atoms with van der Waals surface area (Å²) in [6.07, 6.45) is 0.00376. The van der Waals surface area contributed by atoms with Crippen molar-refractivity contribution in [3.8, 4) is 11.4 Å². The highest BCUT2D eigenvalue weighted by molar-refractivity contribution is 6.08. The molecule has 4 amide bonds. The highest BCUT2D eigenvalue weighted by Crippen LogP contribution is 2.27. The lowest BCUT2D eigenvalue weighted by Gasteiger charge is -2.22. The molecule has 2 aromatic carbocycles. The summed E-state index contributed by atoms with van der Waals surface area (Å²) in [5, 5.41) is 7.09. The van der Waals surface area contributed by atoms with Crippen LogP contribution in [-0.2, 0) is 21.5 Å². The van der Waals surface area contributed by atoms with Crippen LogP contribution in [0, 0.1) is 5.82 Å². The lowest BCUT2D eigenvalue weighted by Crippen LogP contribution is -2.48. The number of hydrogen-bond acceptors (Lipinski definition) is 6. The second-order valence-corrected chi connectivity index (χ2v) is 7.12. The molecular weight excluding hydrogens is 405 g/mol. The van der Waals surface area contributed by atoms with Crippen molar-refractivity contribution in [3.05, 3.63) is 71.9 Å². The second-order valence-electron chi connectivity index (χ2n) is 7.12. The molecule has 1 saturated heterocycles. The van der Waals surface area contributed by atoms with Crippen molar-refractivity contribution >= 4 is 17.8 Å². The van der Waals surface area contributed by atoms with Gasteiger partial charge in [0.15, 0.2) is 0 Å². The number of nitrogens with one attached hydrogen (secondary N) is 2. The number of carbonyl (C=O) groups is 3. The average molecular weight is 423 g/mol. The Hall–Kier alpha value is -4.08. The van der Waals surface area contributed by atoms with Crippen LogP contribution in [0.5, 0.6) is 0 Å². The summed E-state index contributed by atoms with van der Waals surface area (Å²) in [6, 6.07) is 13.6. The first-order valence-electron chi connectivity index (χ1n) is 9.47. The molecule has 1 fully saturated rings. The Bertz CT molecular complexity index is 1130. The fourth-order valence-electron chi connectivity index (χ4n) is 3.18. The van der Waals surface area contributed by atoms with Crippen LogP contribution in [0.15, 0.2) is 59.1 Å². The van der Waals surface area contributed by atoms with E-state index in [-0.39, 0.29) is 30.4 Å². The van der Waals surface area contributed by atoms with E-state index in [4.69, 9.17) is 4.52 Å². The number of rotatable bonds is 6. The SMILES string of the molecule is CC1(c2ccccc2)NC(=O)N(NC(=O)CCc2nc(-c3ccc(F)cc3)no2)C1=O. The van der Waals surface area contributed by atoms with Crippen molar-refractivity contribution in [1.29, 1.82) is 0 Å². The van der Waals surface area contributed by atoms with Gasteiger partial charge < -0.3 is 9.84 Å². The van der Waals surface area contributed by atoms with E-state index in [1.165, 1.54) is 24.3 Å². The number of amides is 4. The number of carbonyl (C=O) groups excluding carboxylic acids is 3. The van der Waals surface area contributed by atoms with Gasteiger partial charge in [0.05, 0.1) is 0 Å². The maximum Gasteiger partial charge on any atom is 0.344 e. The Morgan fingerprint density at radius 2 is 1.87 bits per heavy atom. The largest absolute Gasteiger partial charge is 0.344 e. The van der Waals surface area contributed by atoms with E-state index in [0.29, 0.717) is 16.1 Å². The van der Waals surface area contributed by atoms with Crippen LogP contribution in [0.4, 0.5) is 9.18 Å². The van der Waals surface area contributed by atoms with Gasteiger partial charge in [0, 0.05) is 18.4 Å². The number of halogens is 1. The Morgan fingerprint density at radius 1 is 1.16 bits per heavy atom. The van der Waals surface area contributed by atoms with E-state index in [1.54, 1.807) is 37.3 Å². The van der Waals surface area contributed by atoms with Gasteiger partial charge in [0.1, 0.15) is 11.4 Å². The molecule has 158 valence electrons. The number of aryl methyl sites for hydroxylation is 1. The molecule has 2 N–H and O–H groups in total. The number of hydrogen-bond donors (Lipinski definition) is 2. The van der Waals surface area contributed by atoms with Gasteiger partial charge >= 0.3 is 6.03 Å². The molecule has 10 heteroatoms. The third kappa shape index (κ3) is 4.00. The molecule has 0 radical (unpaired) electrons. The molecule has 9 nitrogen and oxygen atoms in total. The van der Waals surface area contributed by atoms with Crippen LogP contribution in [0.2, 0.25) is 0 Å². The van der Waals surface area contributed by atoms with Crippen LogP contribution in [0.3, 0.4) is 0 Å². The fourth-order valence-corrected chi connectivity index (χ4v) is 3.18. The quantitative estimate of drug-likeness (QED) is 0.588. The third-order valence-electron chi connectivity index (χ3n) is 4.91. The normalized spacial score (nSPS) is 18.2. The topological polar surface area (TPSA) is 117 Å². The third-order valence-corrected chi connectivity index (χ3v) is 4.91. The van der Waals surface area contributed by atoms with Crippen LogP contribution in [-0.4, -0.2) is 33.0 Å². The molecule has 1 aliphatic rings. The number of hydrazine groups is 1. The van der Waals surface area contributed by atoms with E-state index in [2.05, 4.69) is 20.9 Å². The Morgan fingerprint density at radius 3 is 2.58 bits per heavy atom. The molecule has 1 aromatic heterocycles. The summed E-state index contributed by atoms with van der Waals surface area (Å²) in [7, 11) is 0. The van der Waals surface area contributed by atoms with Crippen molar-refractivity contribution < 1.29 is 23.3 Å². The predicted octanol–water partition coefficient (Wildman–Crippen LogP) is 2.31. The lowest BCUT2D eigenvalue weighted by molar-refractivity contribution is -0.139. The summed E-state index contributed by atoms with van der Waals surface area (Å²) < 4.78 is 18.1. The van der Waals surface area contributed by atoms with E-state index >= 15 is 0 Å². The highest BCUT2D eigenvalue weighted by atomic mass is 19.1. The first-order chi connectivity index (χ1) is 14.9. The van der Waals surface area contributed by atoms with Gasteiger partial charge in [-0.05, 0) is 36.8 Å². The second kappa shape index (κ2) is 7.98. The number of aromatic nitrogens is 2. The van der Waals surface area contributed by atoms with Crippen molar-refractivity contribution in [2.45, 2.75) is 25.3 Å². The molecule has 31 heavy (non-hydrogen) atoms.